The van der Waals surface area contributed by atoms with Gasteiger partial charge in [-0.25, -0.2) is 0 Å². The van der Waals surface area contributed by atoms with E-state index in [-0.39, 0.29) is 5.78 Å². The summed E-state index contributed by atoms with van der Waals surface area (Å²) < 4.78 is 5.25. The monoisotopic (exact) mass is 288 g/mol. The first-order valence-corrected chi connectivity index (χ1v) is 6.95. The van der Waals surface area contributed by atoms with Gasteiger partial charge in [-0.3, -0.25) is 4.79 Å². The molecule has 2 aromatic rings. The van der Waals surface area contributed by atoms with Crippen molar-refractivity contribution in [3.8, 4) is 5.75 Å². The fourth-order valence-corrected chi connectivity index (χ4v) is 2.31. The summed E-state index contributed by atoms with van der Waals surface area (Å²) in [6.07, 6.45) is 1.65. The zero-order chi connectivity index (χ0) is 14.4. The summed E-state index contributed by atoms with van der Waals surface area (Å²) in [5.41, 5.74) is 2.02. The smallest absolute Gasteiger partial charge is 0.137 e. The Balaban J connectivity index is 1.96. The molecule has 0 saturated heterocycles. The Morgan fingerprint density at radius 2 is 1.90 bits per heavy atom. The highest BCUT2D eigenvalue weighted by Gasteiger charge is 2.09. The second-order valence-corrected chi connectivity index (χ2v) is 5.09. The standard InChI is InChI=1S/C17H17ClO2/c1-20-17-10-8-15(18)11-14(17)12-16(19)9-7-13-5-3-2-4-6-13/h2-6,8,10-11H,7,9,12H2,1H3. The van der Waals surface area contributed by atoms with Gasteiger partial charge in [-0.2, -0.15) is 0 Å². The molecular weight excluding hydrogens is 272 g/mol. The van der Waals surface area contributed by atoms with Crippen LogP contribution in [-0.2, 0) is 17.6 Å². The Morgan fingerprint density at radius 1 is 1.15 bits per heavy atom. The summed E-state index contributed by atoms with van der Waals surface area (Å²) >= 11 is 5.96. The highest BCUT2D eigenvalue weighted by molar-refractivity contribution is 6.30. The van der Waals surface area contributed by atoms with Gasteiger partial charge in [0.1, 0.15) is 11.5 Å². The van der Waals surface area contributed by atoms with Crippen molar-refractivity contribution in [3.05, 3.63) is 64.7 Å². The van der Waals surface area contributed by atoms with Crippen molar-refractivity contribution in [3.63, 3.8) is 0 Å². The van der Waals surface area contributed by atoms with Crippen molar-refractivity contribution < 1.29 is 9.53 Å². The summed E-state index contributed by atoms with van der Waals surface area (Å²) in [6, 6.07) is 15.4. The van der Waals surface area contributed by atoms with Crippen LogP contribution in [0.1, 0.15) is 17.5 Å². The van der Waals surface area contributed by atoms with Gasteiger partial charge in [0.05, 0.1) is 7.11 Å². The minimum atomic E-state index is 0.189. The first-order chi connectivity index (χ1) is 9.69. The van der Waals surface area contributed by atoms with E-state index >= 15 is 0 Å². The van der Waals surface area contributed by atoms with Crippen LogP contribution in [0.25, 0.3) is 0 Å². The van der Waals surface area contributed by atoms with Crippen LogP contribution in [0.4, 0.5) is 0 Å². The third-order valence-corrected chi connectivity index (χ3v) is 3.40. The molecular formula is C17H17ClO2. The Morgan fingerprint density at radius 3 is 2.60 bits per heavy atom. The fraction of sp³-hybridized carbons (Fsp3) is 0.235. The van der Waals surface area contributed by atoms with Crippen LogP contribution in [0.2, 0.25) is 5.02 Å². The van der Waals surface area contributed by atoms with Crippen LogP contribution in [0.3, 0.4) is 0 Å². The van der Waals surface area contributed by atoms with Crippen molar-refractivity contribution in [2.75, 3.05) is 7.11 Å². The van der Waals surface area contributed by atoms with Crippen LogP contribution >= 0.6 is 11.6 Å². The summed E-state index contributed by atoms with van der Waals surface area (Å²) in [7, 11) is 1.60. The number of rotatable bonds is 6. The second-order valence-electron chi connectivity index (χ2n) is 4.66. The minimum Gasteiger partial charge on any atom is -0.496 e. The van der Waals surface area contributed by atoms with E-state index in [0.717, 1.165) is 12.0 Å². The number of aryl methyl sites for hydroxylation is 1. The van der Waals surface area contributed by atoms with Crippen molar-refractivity contribution in [2.45, 2.75) is 19.3 Å². The number of ketones is 1. The van der Waals surface area contributed by atoms with E-state index < -0.39 is 0 Å². The van der Waals surface area contributed by atoms with Crippen molar-refractivity contribution in [2.24, 2.45) is 0 Å². The minimum absolute atomic E-state index is 0.189. The quantitative estimate of drug-likeness (QED) is 0.800. The van der Waals surface area contributed by atoms with E-state index in [0.29, 0.717) is 23.6 Å². The van der Waals surface area contributed by atoms with Crippen molar-refractivity contribution in [1.82, 2.24) is 0 Å². The van der Waals surface area contributed by atoms with Gasteiger partial charge in [0, 0.05) is 23.4 Å². The number of methoxy groups -OCH3 is 1. The average Bonchev–Trinajstić information content (AvgIpc) is 2.46. The molecule has 0 radical (unpaired) electrons. The van der Waals surface area contributed by atoms with Gasteiger partial charge in [-0.1, -0.05) is 41.9 Å². The Labute approximate surface area is 124 Å². The maximum absolute atomic E-state index is 12.1. The third-order valence-electron chi connectivity index (χ3n) is 3.17. The number of carbonyl (C=O) groups excluding carboxylic acids is 1. The molecule has 2 nitrogen and oxygen atoms in total. The summed E-state index contributed by atoms with van der Waals surface area (Å²) in [4.78, 5) is 12.1. The lowest BCUT2D eigenvalue weighted by Crippen LogP contribution is -2.05. The second kappa shape index (κ2) is 7.11. The normalized spacial score (nSPS) is 10.3. The van der Waals surface area contributed by atoms with Crippen LogP contribution < -0.4 is 4.74 Å². The van der Waals surface area contributed by atoms with Gasteiger partial charge in [-0.05, 0) is 30.2 Å². The number of hydrogen-bond donors (Lipinski definition) is 0. The van der Waals surface area contributed by atoms with Crippen LogP contribution in [0, 0.1) is 0 Å². The largest absolute Gasteiger partial charge is 0.496 e. The SMILES string of the molecule is COc1ccc(Cl)cc1CC(=O)CCc1ccccc1. The number of hydrogen-bond acceptors (Lipinski definition) is 2. The summed E-state index contributed by atoms with van der Waals surface area (Å²) in [5, 5.41) is 0.622. The molecule has 0 atom stereocenters. The fourth-order valence-electron chi connectivity index (χ4n) is 2.11. The molecule has 20 heavy (non-hydrogen) atoms. The number of halogens is 1. The maximum Gasteiger partial charge on any atom is 0.137 e. The van der Waals surface area contributed by atoms with Gasteiger partial charge >= 0.3 is 0 Å². The molecule has 0 aromatic heterocycles. The molecule has 3 heteroatoms. The summed E-state index contributed by atoms with van der Waals surface area (Å²) in [5.74, 6) is 0.900. The van der Waals surface area contributed by atoms with Gasteiger partial charge in [-0.15, -0.1) is 0 Å². The average molecular weight is 289 g/mol. The molecule has 0 aliphatic carbocycles. The molecule has 0 unspecified atom stereocenters. The molecule has 0 aliphatic rings. The van der Waals surface area contributed by atoms with Gasteiger partial charge in [0.15, 0.2) is 0 Å². The molecule has 0 N–H and O–H groups in total. The Kier molecular flexibility index (Phi) is 5.19. The van der Waals surface area contributed by atoms with Crippen LogP contribution in [0.15, 0.2) is 48.5 Å². The number of Topliss-reactive ketones (excluding diaryl/α,β-unsaturated/α-hetero) is 1. The highest BCUT2D eigenvalue weighted by atomic mass is 35.5. The Hall–Kier alpha value is -1.80. The molecule has 0 saturated carbocycles. The maximum atomic E-state index is 12.1. The predicted molar refractivity (Wildman–Crippen MR) is 81.5 cm³/mol. The van der Waals surface area contributed by atoms with Gasteiger partial charge in [0.25, 0.3) is 0 Å². The first-order valence-electron chi connectivity index (χ1n) is 6.57. The van der Waals surface area contributed by atoms with E-state index in [4.69, 9.17) is 16.3 Å². The summed E-state index contributed by atoms with van der Waals surface area (Å²) in [6.45, 7) is 0. The number of carbonyl (C=O) groups is 1. The molecule has 0 aliphatic heterocycles. The lowest BCUT2D eigenvalue weighted by atomic mass is 10.0. The van der Waals surface area contributed by atoms with E-state index in [1.54, 1.807) is 25.3 Å². The van der Waals surface area contributed by atoms with Crippen molar-refractivity contribution >= 4 is 17.4 Å². The molecule has 2 rings (SSSR count). The molecule has 0 fully saturated rings. The third kappa shape index (κ3) is 4.10. The molecule has 0 spiro atoms. The first kappa shape index (κ1) is 14.6. The van der Waals surface area contributed by atoms with E-state index in [2.05, 4.69) is 0 Å². The van der Waals surface area contributed by atoms with E-state index in [1.807, 2.05) is 30.3 Å². The van der Waals surface area contributed by atoms with Crippen molar-refractivity contribution in [1.29, 1.82) is 0 Å². The molecule has 0 amide bonds. The lowest BCUT2D eigenvalue weighted by Gasteiger charge is -2.08. The zero-order valence-corrected chi connectivity index (χ0v) is 12.2. The highest BCUT2D eigenvalue weighted by Crippen LogP contribution is 2.23. The van der Waals surface area contributed by atoms with Gasteiger partial charge in [0.2, 0.25) is 0 Å². The van der Waals surface area contributed by atoms with E-state index in [1.165, 1.54) is 5.56 Å². The number of benzene rings is 2. The topological polar surface area (TPSA) is 26.3 Å². The molecule has 2 aromatic carbocycles. The molecule has 104 valence electrons. The van der Waals surface area contributed by atoms with E-state index in [9.17, 15) is 4.79 Å². The predicted octanol–water partition coefficient (Wildman–Crippen LogP) is 4.09. The van der Waals surface area contributed by atoms with Crippen LogP contribution in [0.5, 0.6) is 5.75 Å². The number of ether oxygens (including phenoxy) is 1. The van der Waals surface area contributed by atoms with Gasteiger partial charge < -0.3 is 4.74 Å². The molecule has 0 heterocycles. The van der Waals surface area contributed by atoms with Crippen LogP contribution in [-0.4, -0.2) is 12.9 Å². The zero-order valence-electron chi connectivity index (χ0n) is 11.4. The lowest BCUT2D eigenvalue weighted by molar-refractivity contribution is -0.118. The molecule has 0 bridgehead atoms. The Bertz CT molecular complexity index is 579.